The Morgan fingerprint density at radius 1 is 1.12 bits per heavy atom. The fourth-order valence-corrected chi connectivity index (χ4v) is 4.98. The molecule has 1 aliphatic heterocycles. The molecule has 2 aromatic carbocycles. The van der Waals surface area contributed by atoms with Gasteiger partial charge in [-0.05, 0) is 30.3 Å². The van der Waals surface area contributed by atoms with Gasteiger partial charge in [0.2, 0.25) is 0 Å². The molecule has 0 bridgehead atoms. The van der Waals surface area contributed by atoms with Gasteiger partial charge in [-0.3, -0.25) is 19.5 Å². The lowest BCUT2D eigenvalue weighted by atomic mass is 9.93. The molecule has 6 nitrogen and oxygen atoms in total. The highest BCUT2D eigenvalue weighted by Gasteiger charge is 2.46. The Kier molecular flexibility index (Phi) is 4.96. The predicted molar refractivity (Wildman–Crippen MR) is 119 cm³/mol. The number of thiazole rings is 1. The van der Waals surface area contributed by atoms with Gasteiger partial charge in [0, 0.05) is 23.5 Å². The average Bonchev–Trinajstić information content (AvgIpc) is 3.34. The summed E-state index contributed by atoms with van der Waals surface area (Å²) in [6.07, 6.45) is 2.82. The number of para-hydroxylation sites is 1. The molecule has 158 valence electrons. The number of amides is 1. The third kappa shape index (κ3) is 3.16. The van der Waals surface area contributed by atoms with Gasteiger partial charge in [0.15, 0.2) is 16.7 Å². The Bertz CT molecular complexity index is 1420. The molecule has 0 fully saturated rings. The maximum Gasteiger partial charge on any atom is 0.296 e. The van der Waals surface area contributed by atoms with Crippen LogP contribution in [-0.2, 0) is 4.79 Å². The minimum absolute atomic E-state index is 0.0579. The molecule has 0 spiro atoms. The lowest BCUT2D eigenvalue weighted by Crippen LogP contribution is -2.31. The van der Waals surface area contributed by atoms with Crippen molar-refractivity contribution < 1.29 is 19.1 Å². The number of aliphatic hydroxyl groups is 1. The topological polar surface area (TPSA) is 83.4 Å². The summed E-state index contributed by atoms with van der Waals surface area (Å²) in [5.41, 5.74) is 0.458. The number of Topliss-reactive ketones (excluding diaryl/α,β-unsaturated/α-hetero) is 1. The Morgan fingerprint density at radius 3 is 2.66 bits per heavy atom. The van der Waals surface area contributed by atoms with Gasteiger partial charge in [0.05, 0.1) is 15.3 Å². The van der Waals surface area contributed by atoms with Crippen molar-refractivity contribution in [3.05, 3.63) is 100 Å². The van der Waals surface area contributed by atoms with Gasteiger partial charge in [-0.15, -0.1) is 0 Å². The summed E-state index contributed by atoms with van der Waals surface area (Å²) < 4.78 is 15.6. The second-order valence-electron chi connectivity index (χ2n) is 7.02. The molecule has 0 radical (unpaired) electrons. The van der Waals surface area contributed by atoms with Gasteiger partial charge >= 0.3 is 0 Å². The molecule has 3 heterocycles. The van der Waals surface area contributed by atoms with Crippen molar-refractivity contribution in [1.82, 2.24) is 9.97 Å². The Hall–Kier alpha value is -3.62. The monoisotopic (exact) mass is 465 g/mol. The van der Waals surface area contributed by atoms with E-state index in [2.05, 4.69) is 9.97 Å². The molecule has 1 aliphatic rings. The van der Waals surface area contributed by atoms with Crippen LogP contribution in [0.15, 0.2) is 78.3 Å². The molecule has 0 saturated carbocycles. The number of halogens is 2. The summed E-state index contributed by atoms with van der Waals surface area (Å²) in [5.74, 6) is -2.85. The van der Waals surface area contributed by atoms with Crippen LogP contribution in [0, 0.1) is 5.82 Å². The van der Waals surface area contributed by atoms with E-state index in [0.717, 1.165) is 16.2 Å². The first-order valence-corrected chi connectivity index (χ1v) is 10.7. The quantitative estimate of drug-likeness (QED) is 0.415. The van der Waals surface area contributed by atoms with Crippen LogP contribution in [0.5, 0.6) is 0 Å². The molecule has 9 heteroatoms. The van der Waals surface area contributed by atoms with E-state index < -0.39 is 29.3 Å². The number of aliphatic hydroxyl groups excluding tert-OH is 1. The number of anilines is 1. The van der Waals surface area contributed by atoms with E-state index in [1.165, 1.54) is 36.7 Å². The zero-order valence-corrected chi connectivity index (χ0v) is 17.8. The first-order valence-electron chi connectivity index (χ1n) is 9.48. The van der Waals surface area contributed by atoms with Crippen molar-refractivity contribution in [2.45, 2.75) is 6.04 Å². The van der Waals surface area contributed by atoms with Crippen LogP contribution in [0.25, 0.3) is 10.2 Å². The minimum Gasteiger partial charge on any atom is -0.503 e. The van der Waals surface area contributed by atoms with Crippen LogP contribution < -0.4 is 4.90 Å². The number of nitrogens with zero attached hydrogens (tertiary/aromatic N) is 3. The molecule has 0 saturated heterocycles. The second kappa shape index (κ2) is 7.81. The van der Waals surface area contributed by atoms with Gasteiger partial charge in [0.1, 0.15) is 17.4 Å². The summed E-state index contributed by atoms with van der Waals surface area (Å²) >= 11 is 7.39. The van der Waals surface area contributed by atoms with Gasteiger partial charge in [-0.25, -0.2) is 9.37 Å². The highest BCUT2D eigenvalue weighted by Crippen LogP contribution is 2.45. The van der Waals surface area contributed by atoms with Crippen LogP contribution in [0.4, 0.5) is 9.52 Å². The molecule has 0 aliphatic carbocycles. The molecule has 5 rings (SSSR count). The maximum absolute atomic E-state index is 14.9. The van der Waals surface area contributed by atoms with Crippen LogP contribution >= 0.6 is 22.9 Å². The summed E-state index contributed by atoms with van der Waals surface area (Å²) in [7, 11) is 0. The fraction of sp³-hybridized carbons (Fsp3) is 0.0435. The fourth-order valence-electron chi connectivity index (χ4n) is 3.68. The number of aromatic nitrogens is 2. The van der Waals surface area contributed by atoms with Crippen molar-refractivity contribution in [3.8, 4) is 0 Å². The van der Waals surface area contributed by atoms with Crippen molar-refractivity contribution >= 4 is 50.0 Å². The van der Waals surface area contributed by atoms with Crippen LogP contribution in [0.3, 0.4) is 0 Å². The summed E-state index contributed by atoms with van der Waals surface area (Å²) in [4.78, 5) is 36.0. The molecule has 32 heavy (non-hydrogen) atoms. The molecular weight excluding hydrogens is 453 g/mol. The van der Waals surface area contributed by atoms with Gasteiger partial charge < -0.3 is 5.11 Å². The molecular formula is C23H13ClFN3O3S. The van der Waals surface area contributed by atoms with E-state index >= 15 is 0 Å². The summed E-state index contributed by atoms with van der Waals surface area (Å²) in [6, 6.07) is 12.9. The normalized spacial score (nSPS) is 16.2. The second-order valence-corrected chi connectivity index (χ2v) is 8.43. The lowest BCUT2D eigenvalue weighted by molar-refractivity contribution is -0.117. The van der Waals surface area contributed by atoms with E-state index in [4.69, 9.17) is 11.6 Å². The molecule has 2 aromatic heterocycles. The first-order chi connectivity index (χ1) is 15.5. The number of ketones is 1. The maximum atomic E-state index is 14.9. The van der Waals surface area contributed by atoms with E-state index in [1.807, 2.05) is 0 Å². The Morgan fingerprint density at radius 2 is 1.94 bits per heavy atom. The Balaban J connectivity index is 1.72. The highest BCUT2D eigenvalue weighted by molar-refractivity contribution is 7.22. The summed E-state index contributed by atoms with van der Waals surface area (Å²) in [5, 5.41) is 11.3. The third-order valence-electron chi connectivity index (χ3n) is 5.14. The number of fused-ring (bicyclic) bond motifs is 1. The standard InChI is InChI=1S/C23H13ClFN3O3S/c24-14-7-3-9-16-18(14)27-23(32-16)28-19(13-6-1-2-8-15(13)25)17(21(30)22(28)31)20(29)12-5-4-10-26-11-12/h1-11,19,30H. The minimum atomic E-state index is -1.21. The lowest BCUT2D eigenvalue weighted by Gasteiger charge is -2.24. The van der Waals surface area contributed by atoms with Crippen LogP contribution in [0.2, 0.25) is 5.02 Å². The van der Waals surface area contributed by atoms with Gasteiger partial charge in [-0.2, -0.15) is 0 Å². The molecule has 1 N–H and O–H groups in total. The van der Waals surface area contributed by atoms with E-state index in [0.29, 0.717) is 15.2 Å². The number of pyridine rings is 1. The number of hydrogen-bond donors (Lipinski definition) is 1. The van der Waals surface area contributed by atoms with Crippen molar-refractivity contribution in [2.24, 2.45) is 0 Å². The smallest absolute Gasteiger partial charge is 0.296 e. The third-order valence-corrected chi connectivity index (χ3v) is 6.47. The van der Waals surface area contributed by atoms with Crippen molar-refractivity contribution in [2.75, 3.05) is 4.90 Å². The number of benzene rings is 2. The number of carbonyl (C=O) groups excluding carboxylic acids is 2. The highest BCUT2D eigenvalue weighted by atomic mass is 35.5. The van der Waals surface area contributed by atoms with Crippen LogP contribution in [-0.4, -0.2) is 26.8 Å². The Labute approximate surface area is 190 Å². The number of carbonyl (C=O) groups is 2. The SMILES string of the molecule is O=C(C1=C(O)C(=O)N(c2nc3c(Cl)cccc3s2)C1c1ccccc1F)c1cccnc1. The molecule has 1 amide bonds. The molecule has 1 unspecified atom stereocenters. The van der Waals surface area contributed by atoms with E-state index in [9.17, 15) is 19.1 Å². The van der Waals surface area contributed by atoms with Crippen LogP contribution in [0.1, 0.15) is 22.0 Å². The number of rotatable bonds is 4. The van der Waals surface area contributed by atoms with Gasteiger partial charge in [-0.1, -0.05) is 47.2 Å². The van der Waals surface area contributed by atoms with E-state index in [-0.39, 0.29) is 21.8 Å². The first kappa shape index (κ1) is 20.3. The van der Waals surface area contributed by atoms with Crippen molar-refractivity contribution in [3.63, 3.8) is 0 Å². The zero-order valence-electron chi connectivity index (χ0n) is 16.2. The van der Waals surface area contributed by atoms with Crippen molar-refractivity contribution in [1.29, 1.82) is 0 Å². The zero-order chi connectivity index (χ0) is 22.4. The molecule has 4 aromatic rings. The van der Waals surface area contributed by atoms with E-state index in [1.54, 1.807) is 30.3 Å². The largest absolute Gasteiger partial charge is 0.503 e. The predicted octanol–water partition coefficient (Wildman–Crippen LogP) is 5.27. The summed E-state index contributed by atoms with van der Waals surface area (Å²) in [6.45, 7) is 0. The molecule has 1 atom stereocenters. The number of hydrogen-bond acceptors (Lipinski definition) is 6. The average molecular weight is 466 g/mol. The van der Waals surface area contributed by atoms with Gasteiger partial charge in [0.25, 0.3) is 5.91 Å².